The number of rotatable bonds is 7. The van der Waals surface area contributed by atoms with Crippen LogP contribution >= 0.6 is 0 Å². The van der Waals surface area contributed by atoms with Crippen molar-refractivity contribution < 1.29 is 9.13 Å². The average molecular weight is 349 g/mol. The zero-order valence-electron chi connectivity index (χ0n) is 11.8. The Morgan fingerprint density at radius 1 is 0.905 bits per heavy atom. The van der Waals surface area contributed by atoms with Crippen LogP contribution in [0.1, 0.15) is 5.56 Å². The standard InChI is InChI=1S/C18H19FOSe/c19-18-16(12-20-11-14-7-3-1-4-8-14)17(18)13-21-15-9-5-2-6-10-15/h1-10,16-18H,11-13H2/t16-,17-,18-/m1/s1. The summed E-state index contributed by atoms with van der Waals surface area (Å²) in [6, 6.07) is 20.5. The Bertz CT molecular complexity index is 546. The summed E-state index contributed by atoms with van der Waals surface area (Å²) < 4.78 is 20.8. The van der Waals surface area contributed by atoms with E-state index in [0.717, 1.165) is 10.9 Å². The molecule has 0 heterocycles. The van der Waals surface area contributed by atoms with Gasteiger partial charge in [0.2, 0.25) is 0 Å². The zero-order chi connectivity index (χ0) is 14.5. The molecule has 0 aliphatic heterocycles. The van der Waals surface area contributed by atoms with Crippen LogP contribution in [-0.2, 0) is 11.3 Å². The maximum atomic E-state index is 13.8. The van der Waals surface area contributed by atoms with E-state index in [1.165, 1.54) is 4.46 Å². The van der Waals surface area contributed by atoms with Crippen molar-refractivity contribution in [2.24, 2.45) is 11.8 Å². The van der Waals surface area contributed by atoms with Gasteiger partial charge in [0.25, 0.3) is 0 Å². The molecule has 1 saturated carbocycles. The summed E-state index contributed by atoms with van der Waals surface area (Å²) >= 11 is 0.379. The topological polar surface area (TPSA) is 9.23 Å². The second-order valence-corrected chi connectivity index (χ2v) is 7.69. The van der Waals surface area contributed by atoms with E-state index in [-0.39, 0.29) is 11.8 Å². The Hall–Kier alpha value is -1.15. The van der Waals surface area contributed by atoms with E-state index in [9.17, 15) is 4.39 Å². The van der Waals surface area contributed by atoms with Gasteiger partial charge in [-0.25, -0.2) is 0 Å². The van der Waals surface area contributed by atoms with Gasteiger partial charge >= 0.3 is 131 Å². The molecule has 3 heteroatoms. The van der Waals surface area contributed by atoms with E-state index in [2.05, 4.69) is 24.3 Å². The number of alkyl halides is 1. The van der Waals surface area contributed by atoms with E-state index in [1.54, 1.807) is 0 Å². The van der Waals surface area contributed by atoms with Crippen molar-refractivity contribution in [1.29, 1.82) is 0 Å². The van der Waals surface area contributed by atoms with Crippen molar-refractivity contribution >= 4 is 19.4 Å². The molecule has 0 unspecified atom stereocenters. The minimum atomic E-state index is -0.661. The van der Waals surface area contributed by atoms with Crippen molar-refractivity contribution in [3.05, 3.63) is 66.2 Å². The van der Waals surface area contributed by atoms with Gasteiger partial charge in [0.05, 0.1) is 0 Å². The van der Waals surface area contributed by atoms with Gasteiger partial charge in [0, 0.05) is 0 Å². The molecule has 0 N–H and O–H groups in total. The van der Waals surface area contributed by atoms with Crippen LogP contribution in [-0.4, -0.2) is 27.7 Å². The van der Waals surface area contributed by atoms with E-state index in [4.69, 9.17) is 4.74 Å². The number of hydrogen-bond donors (Lipinski definition) is 0. The Labute approximate surface area is 131 Å². The summed E-state index contributed by atoms with van der Waals surface area (Å²) in [7, 11) is 0. The fraction of sp³-hybridized carbons (Fsp3) is 0.333. The van der Waals surface area contributed by atoms with Crippen LogP contribution < -0.4 is 4.46 Å². The molecule has 110 valence electrons. The molecule has 0 radical (unpaired) electrons. The normalized spacial score (nSPS) is 24.0. The van der Waals surface area contributed by atoms with Crippen LogP contribution in [0.15, 0.2) is 60.7 Å². The van der Waals surface area contributed by atoms with Crippen LogP contribution in [0.25, 0.3) is 0 Å². The summed E-state index contributed by atoms with van der Waals surface area (Å²) in [5.41, 5.74) is 1.15. The molecule has 1 aliphatic rings. The van der Waals surface area contributed by atoms with E-state index in [1.807, 2.05) is 36.4 Å². The average Bonchev–Trinajstić information content (AvgIpc) is 3.16. The second kappa shape index (κ2) is 7.22. The van der Waals surface area contributed by atoms with E-state index >= 15 is 0 Å². The van der Waals surface area contributed by atoms with E-state index in [0.29, 0.717) is 28.2 Å². The number of ether oxygens (including phenoxy) is 1. The molecule has 0 bridgehead atoms. The van der Waals surface area contributed by atoms with Gasteiger partial charge in [-0.05, 0) is 0 Å². The summed E-state index contributed by atoms with van der Waals surface area (Å²) in [6.45, 7) is 1.13. The molecular formula is C18H19FOSe. The summed E-state index contributed by atoms with van der Waals surface area (Å²) in [4.78, 5) is 0. The molecule has 0 saturated heterocycles. The molecule has 3 rings (SSSR count). The zero-order valence-corrected chi connectivity index (χ0v) is 13.5. The SMILES string of the molecule is F[C@@H]1[C@H](COCc2ccccc2)[C@H]1C[Se]c1ccccc1. The Balaban J connectivity index is 1.38. The van der Waals surface area contributed by atoms with Crippen molar-refractivity contribution in [1.82, 2.24) is 0 Å². The van der Waals surface area contributed by atoms with Gasteiger partial charge in [-0.1, -0.05) is 0 Å². The molecule has 1 aliphatic carbocycles. The van der Waals surface area contributed by atoms with Gasteiger partial charge < -0.3 is 0 Å². The van der Waals surface area contributed by atoms with Gasteiger partial charge in [-0.15, -0.1) is 0 Å². The van der Waals surface area contributed by atoms with Gasteiger partial charge in [0.1, 0.15) is 0 Å². The molecule has 2 aromatic rings. The molecule has 21 heavy (non-hydrogen) atoms. The van der Waals surface area contributed by atoms with E-state index < -0.39 is 6.17 Å². The maximum absolute atomic E-state index is 13.8. The summed E-state index contributed by atoms with van der Waals surface area (Å²) in [5.74, 6) is 0.320. The van der Waals surface area contributed by atoms with Crippen molar-refractivity contribution in [2.45, 2.75) is 18.1 Å². The third kappa shape index (κ3) is 4.16. The molecule has 2 aromatic carbocycles. The third-order valence-electron chi connectivity index (χ3n) is 3.83. The van der Waals surface area contributed by atoms with Crippen LogP contribution in [0, 0.1) is 11.8 Å². The number of hydrogen-bond acceptors (Lipinski definition) is 1. The predicted molar refractivity (Wildman–Crippen MR) is 84.6 cm³/mol. The Morgan fingerprint density at radius 2 is 1.57 bits per heavy atom. The summed E-state index contributed by atoms with van der Waals surface area (Å²) in [6.07, 6.45) is -0.661. The van der Waals surface area contributed by atoms with Crippen LogP contribution in [0.3, 0.4) is 0 Å². The van der Waals surface area contributed by atoms with Crippen LogP contribution in [0.2, 0.25) is 5.32 Å². The fourth-order valence-electron chi connectivity index (χ4n) is 2.43. The van der Waals surface area contributed by atoms with Crippen LogP contribution in [0.5, 0.6) is 0 Å². The first-order valence-corrected chi connectivity index (χ1v) is 9.35. The third-order valence-corrected chi connectivity index (χ3v) is 6.26. The molecule has 0 spiro atoms. The van der Waals surface area contributed by atoms with Crippen molar-refractivity contribution in [3.63, 3.8) is 0 Å². The first-order chi connectivity index (χ1) is 10.3. The molecule has 1 nitrogen and oxygen atoms in total. The monoisotopic (exact) mass is 350 g/mol. The van der Waals surface area contributed by atoms with Gasteiger partial charge in [-0.3, -0.25) is 0 Å². The first kappa shape index (κ1) is 14.8. The first-order valence-electron chi connectivity index (χ1n) is 7.28. The second-order valence-electron chi connectivity index (χ2n) is 5.40. The Kier molecular flexibility index (Phi) is 5.08. The summed E-state index contributed by atoms with van der Waals surface area (Å²) in [5, 5.41) is 0.984. The number of halogens is 1. The molecule has 0 aromatic heterocycles. The Morgan fingerprint density at radius 3 is 2.29 bits per heavy atom. The van der Waals surface area contributed by atoms with Crippen molar-refractivity contribution in [2.75, 3.05) is 6.61 Å². The van der Waals surface area contributed by atoms with Gasteiger partial charge in [-0.2, -0.15) is 0 Å². The minimum absolute atomic E-state index is 0.110. The molecular weight excluding hydrogens is 330 g/mol. The fourth-order valence-corrected chi connectivity index (χ4v) is 4.87. The van der Waals surface area contributed by atoms with Crippen LogP contribution in [0.4, 0.5) is 4.39 Å². The quantitative estimate of drug-likeness (QED) is 0.698. The molecule has 3 atom stereocenters. The predicted octanol–water partition coefficient (Wildman–Crippen LogP) is 3.24. The molecule has 0 amide bonds. The number of benzene rings is 2. The van der Waals surface area contributed by atoms with Crippen molar-refractivity contribution in [3.8, 4) is 0 Å². The van der Waals surface area contributed by atoms with Gasteiger partial charge in [0.15, 0.2) is 0 Å². The molecule has 1 fully saturated rings.